The molecule has 3 rings (SSSR count). The van der Waals surface area contributed by atoms with Gasteiger partial charge < -0.3 is 9.47 Å². The quantitative estimate of drug-likeness (QED) is 0.675. The molecule has 0 atom stereocenters. The third kappa shape index (κ3) is 2.76. The molecule has 0 fully saturated rings. The van der Waals surface area contributed by atoms with E-state index in [1.807, 2.05) is 29.6 Å². The van der Waals surface area contributed by atoms with Crippen molar-refractivity contribution < 1.29 is 14.3 Å². The zero-order valence-corrected chi connectivity index (χ0v) is 12.4. The minimum absolute atomic E-state index is 0.265. The van der Waals surface area contributed by atoms with Gasteiger partial charge in [-0.05, 0) is 29.0 Å². The lowest BCUT2D eigenvalue weighted by molar-refractivity contribution is 0.0471. The normalized spacial score (nSPS) is 10.5. The van der Waals surface area contributed by atoms with Gasteiger partial charge in [-0.2, -0.15) is 0 Å². The van der Waals surface area contributed by atoms with Gasteiger partial charge in [0.15, 0.2) is 0 Å². The minimum Gasteiger partial charge on any atom is -0.496 e. The smallest absolute Gasteiger partial charge is 0.342 e. The number of benzene rings is 2. The van der Waals surface area contributed by atoms with E-state index in [1.54, 1.807) is 36.6 Å². The molecule has 0 radical (unpaired) electrons. The Morgan fingerprint density at radius 2 is 1.86 bits per heavy atom. The maximum atomic E-state index is 12.2. The summed E-state index contributed by atoms with van der Waals surface area (Å²) in [5.41, 5.74) is 1.47. The van der Waals surface area contributed by atoms with E-state index >= 15 is 0 Å². The Kier molecular flexibility index (Phi) is 3.88. The van der Waals surface area contributed by atoms with Gasteiger partial charge in [-0.1, -0.05) is 30.3 Å². The molecule has 4 heteroatoms. The van der Waals surface area contributed by atoms with Crippen LogP contribution in [0.3, 0.4) is 0 Å². The van der Waals surface area contributed by atoms with Crippen molar-refractivity contribution in [1.82, 2.24) is 0 Å². The van der Waals surface area contributed by atoms with E-state index in [1.165, 1.54) is 4.70 Å². The Morgan fingerprint density at radius 1 is 1.10 bits per heavy atom. The largest absolute Gasteiger partial charge is 0.496 e. The summed E-state index contributed by atoms with van der Waals surface area (Å²) in [4.78, 5) is 12.2. The van der Waals surface area contributed by atoms with Crippen LogP contribution >= 0.6 is 11.3 Å². The van der Waals surface area contributed by atoms with Gasteiger partial charge in [-0.3, -0.25) is 0 Å². The van der Waals surface area contributed by atoms with Crippen molar-refractivity contribution in [1.29, 1.82) is 0 Å². The van der Waals surface area contributed by atoms with E-state index in [4.69, 9.17) is 9.47 Å². The van der Waals surface area contributed by atoms with Gasteiger partial charge in [0, 0.05) is 10.3 Å². The van der Waals surface area contributed by atoms with Crippen molar-refractivity contribution in [3.8, 4) is 5.75 Å². The van der Waals surface area contributed by atoms with Gasteiger partial charge in [0.2, 0.25) is 0 Å². The Labute approximate surface area is 126 Å². The highest BCUT2D eigenvalue weighted by Gasteiger charge is 2.14. The number of ether oxygens (including phenoxy) is 2. The molecule has 106 valence electrons. The standard InChI is InChI=1S/C17H14O3S/c1-19-15-8-4-2-7-14(15)17(18)20-10-12-11-21-16-9-5-3-6-13(12)16/h2-9,11H,10H2,1H3. The van der Waals surface area contributed by atoms with Gasteiger partial charge in [-0.25, -0.2) is 4.79 Å². The highest BCUT2D eigenvalue weighted by atomic mass is 32.1. The maximum Gasteiger partial charge on any atom is 0.342 e. The molecule has 0 saturated carbocycles. The molecule has 0 bridgehead atoms. The van der Waals surface area contributed by atoms with Gasteiger partial charge in [0.1, 0.15) is 17.9 Å². The molecule has 3 aromatic rings. The predicted octanol–water partition coefficient (Wildman–Crippen LogP) is 4.27. The number of esters is 1. The summed E-state index contributed by atoms with van der Waals surface area (Å²) >= 11 is 1.65. The maximum absolute atomic E-state index is 12.2. The molecule has 3 nitrogen and oxygen atoms in total. The molecule has 1 heterocycles. The van der Waals surface area contributed by atoms with Crippen molar-refractivity contribution in [2.24, 2.45) is 0 Å². The number of hydrogen-bond donors (Lipinski definition) is 0. The summed E-state index contributed by atoms with van der Waals surface area (Å²) < 4.78 is 11.8. The number of thiophene rings is 1. The monoisotopic (exact) mass is 298 g/mol. The summed E-state index contributed by atoms with van der Waals surface area (Å²) in [6, 6.07) is 15.2. The highest BCUT2D eigenvalue weighted by Crippen LogP contribution is 2.27. The van der Waals surface area contributed by atoms with Gasteiger partial charge in [0.05, 0.1) is 7.11 Å². The second kappa shape index (κ2) is 5.97. The zero-order valence-electron chi connectivity index (χ0n) is 11.5. The molecule has 21 heavy (non-hydrogen) atoms. The second-order valence-corrected chi connectivity index (χ2v) is 5.44. The molecule has 0 aliphatic heterocycles. The number of methoxy groups -OCH3 is 1. The first-order chi connectivity index (χ1) is 10.3. The third-order valence-corrected chi connectivity index (χ3v) is 4.26. The lowest BCUT2D eigenvalue weighted by atomic mass is 10.2. The van der Waals surface area contributed by atoms with E-state index < -0.39 is 0 Å². The van der Waals surface area contributed by atoms with Crippen LogP contribution in [0.5, 0.6) is 5.75 Å². The van der Waals surface area contributed by atoms with Gasteiger partial charge >= 0.3 is 5.97 Å². The van der Waals surface area contributed by atoms with E-state index in [0.29, 0.717) is 11.3 Å². The van der Waals surface area contributed by atoms with Crippen molar-refractivity contribution in [2.75, 3.05) is 7.11 Å². The number of para-hydroxylation sites is 1. The van der Waals surface area contributed by atoms with Crippen LogP contribution in [0.25, 0.3) is 10.1 Å². The minimum atomic E-state index is -0.372. The van der Waals surface area contributed by atoms with Crippen molar-refractivity contribution in [3.05, 3.63) is 65.0 Å². The molecule has 0 saturated heterocycles. The van der Waals surface area contributed by atoms with Crippen molar-refractivity contribution in [3.63, 3.8) is 0 Å². The topological polar surface area (TPSA) is 35.5 Å². The van der Waals surface area contributed by atoms with Gasteiger partial charge in [0.25, 0.3) is 0 Å². The SMILES string of the molecule is COc1ccccc1C(=O)OCc1csc2ccccc12. The zero-order chi connectivity index (χ0) is 14.7. The first-order valence-corrected chi connectivity index (χ1v) is 7.43. The predicted molar refractivity (Wildman–Crippen MR) is 83.9 cm³/mol. The summed E-state index contributed by atoms with van der Waals surface area (Å²) in [6.45, 7) is 0.265. The first-order valence-electron chi connectivity index (χ1n) is 6.55. The number of carbonyl (C=O) groups is 1. The van der Waals surface area contributed by atoms with Crippen LogP contribution in [0.4, 0.5) is 0 Å². The van der Waals surface area contributed by atoms with Crippen LogP contribution in [0.2, 0.25) is 0 Å². The van der Waals surface area contributed by atoms with Crippen LogP contribution in [0, 0.1) is 0 Å². The summed E-state index contributed by atoms with van der Waals surface area (Å²) in [5, 5.41) is 3.16. The van der Waals surface area contributed by atoms with Crippen LogP contribution in [-0.2, 0) is 11.3 Å². The summed E-state index contributed by atoms with van der Waals surface area (Å²) in [6.07, 6.45) is 0. The Bertz CT molecular complexity index is 776. The van der Waals surface area contributed by atoms with E-state index in [9.17, 15) is 4.79 Å². The number of carbonyl (C=O) groups excluding carboxylic acids is 1. The molecule has 1 aromatic heterocycles. The van der Waals surface area contributed by atoms with Gasteiger partial charge in [-0.15, -0.1) is 11.3 Å². The fraction of sp³-hybridized carbons (Fsp3) is 0.118. The Balaban J connectivity index is 1.77. The summed E-state index contributed by atoms with van der Waals surface area (Å²) in [7, 11) is 1.54. The number of rotatable bonds is 4. The lowest BCUT2D eigenvalue weighted by Crippen LogP contribution is -2.06. The Hall–Kier alpha value is -2.33. The molecule has 0 spiro atoms. The molecule has 0 amide bonds. The average Bonchev–Trinajstić information content (AvgIpc) is 2.96. The average molecular weight is 298 g/mol. The van der Waals surface area contributed by atoms with Crippen LogP contribution in [0.15, 0.2) is 53.9 Å². The van der Waals surface area contributed by atoms with Crippen molar-refractivity contribution in [2.45, 2.75) is 6.61 Å². The molecule has 2 aromatic carbocycles. The second-order valence-electron chi connectivity index (χ2n) is 4.53. The fourth-order valence-electron chi connectivity index (χ4n) is 2.18. The first kappa shape index (κ1) is 13.6. The van der Waals surface area contributed by atoms with Crippen LogP contribution < -0.4 is 4.74 Å². The number of fused-ring (bicyclic) bond motifs is 1. The molecular weight excluding hydrogens is 284 g/mol. The molecule has 0 N–H and O–H groups in total. The van der Waals surface area contributed by atoms with Crippen LogP contribution in [0.1, 0.15) is 15.9 Å². The van der Waals surface area contributed by atoms with E-state index in [-0.39, 0.29) is 12.6 Å². The molecule has 0 aliphatic carbocycles. The fourth-order valence-corrected chi connectivity index (χ4v) is 3.13. The van der Waals surface area contributed by atoms with E-state index in [0.717, 1.165) is 10.9 Å². The molecular formula is C17H14O3S. The summed E-state index contributed by atoms with van der Waals surface area (Å²) in [5.74, 6) is 0.153. The molecule has 0 aliphatic rings. The van der Waals surface area contributed by atoms with Crippen molar-refractivity contribution >= 4 is 27.4 Å². The molecule has 0 unspecified atom stereocenters. The number of hydrogen-bond acceptors (Lipinski definition) is 4. The lowest BCUT2D eigenvalue weighted by Gasteiger charge is -2.08. The van der Waals surface area contributed by atoms with E-state index in [2.05, 4.69) is 6.07 Å². The Morgan fingerprint density at radius 3 is 2.71 bits per heavy atom. The third-order valence-electron chi connectivity index (χ3n) is 3.25. The van der Waals surface area contributed by atoms with Crippen LogP contribution in [-0.4, -0.2) is 13.1 Å². The highest BCUT2D eigenvalue weighted by molar-refractivity contribution is 7.17.